The normalized spacial score (nSPS) is 16.9. The number of phenols is 1. The summed E-state index contributed by atoms with van der Waals surface area (Å²) in [6.45, 7) is 5.78. The lowest BCUT2D eigenvalue weighted by molar-refractivity contribution is 0.166. The quantitative estimate of drug-likeness (QED) is 0.830. The number of benzene rings is 1. The van der Waals surface area contributed by atoms with Gasteiger partial charge in [0.15, 0.2) is 0 Å². The molecule has 1 aliphatic heterocycles. The molecule has 1 saturated heterocycles. The SMILES string of the molecule is CC[C@@H](c1cc(F)cc(Br)c1O)N1CCNCC1.Cl.Cl. The summed E-state index contributed by atoms with van der Waals surface area (Å²) >= 11 is 3.20. The lowest BCUT2D eigenvalue weighted by Gasteiger charge is -2.35. The van der Waals surface area contributed by atoms with Gasteiger partial charge in [-0.1, -0.05) is 6.92 Å². The van der Waals surface area contributed by atoms with Crippen LogP contribution in [0, 0.1) is 5.82 Å². The minimum Gasteiger partial charge on any atom is -0.506 e. The van der Waals surface area contributed by atoms with Gasteiger partial charge in [0, 0.05) is 37.8 Å². The number of piperazine rings is 1. The Morgan fingerprint density at radius 1 is 1.35 bits per heavy atom. The van der Waals surface area contributed by atoms with E-state index in [9.17, 15) is 9.50 Å². The molecule has 1 fully saturated rings. The van der Waals surface area contributed by atoms with E-state index in [0.29, 0.717) is 10.0 Å². The third-order valence-corrected chi connectivity index (χ3v) is 4.00. The molecule has 0 amide bonds. The predicted octanol–water partition coefficient (Wildman–Crippen LogP) is 3.49. The highest BCUT2D eigenvalue weighted by molar-refractivity contribution is 9.10. The summed E-state index contributed by atoms with van der Waals surface area (Å²) < 4.78 is 13.9. The first-order valence-corrected chi connectivity index (χ1v) is 7.05. The van der Waals surface area contributed by atoms with E-state index in [1.807, 2.05) is 0 Å². The zero-order valence-electron chi connectivity index (χ0n) is 11.2. The summed E-state index contributed by atoms with van der Waals surface area (Å²) in [4.78, 5) is 2.29. The fourth-order valence-corrected chi connectivity index (χ4v) is 2.96. The first-order valence-electron chi connectivity index (χ1n) is 6.26. The number of nitrogens with one attached hydrogen (secondary N) is 1. The zero-order valence-corrected chi connectivity index (χ0v) is 14.5. The van der Waals surface area contributed by atoms with Gasteiger partial charge in [-0.15, -0.1) is 24.8 Å². The molecule has 1 aliphatic rings. The summed E-state index contributed by atoms with van der Waals surface area (Å²) in [5.41, 5.74) is 0.672. The Morgan fingerprint density at radius 2 is 1.95 bits per heavy atom. The van der Waals surface area contributed by atoms with E-state index in [-0.39, 0.29) is 42.4 Å². The van der Waals surface area contributed by atoms with Crippen molar-refractivity contribution in [2.75, 3.05) is 26.2 Å². The van der Waals surface area contributed by atoms with Crippen molar-refractivity contribution in [3.8, 4) is 5.75 Å². The Bertz CT molecular complexity index is 431. The molecule has 0 saturated carbocycles. The molecule has 0 unspecified atom stereocenters. The number of halogens is 4. The standard InChI is InChI=1S/C13H18BrFN2O.2ClH/c1-2-12(17-5-3-16-4-6-17)10-7-9(15)8-11(14)13(10)18;;/h7-8,12,16,18H,2-6H2,1H3;2*1H/t12-;;/m0../s1. The van der Waals surface area contributed by atoms with Crippen molar-refractivity contribution in [1.29, 1.82) is 0 Å². The summed E-state index contributed by atoms with van der Waals surface area (Å²) in [7, 11) is 0. The van der Waals surface area contributed by atoms with Crippen LogP contribution in [0.25, 0.3) is 0 Å². The van der Waals surface area contributed by atoms with Gasteiger partial charge in [-0.2, -0.15) is 0 Å². The molecular weight excluding hydrogens is 370 g/mol. The molecule has 1 aromatic carbocycles. The van der Waals surface area contributed by atoms with E-state index in [2.05, 4.69) is 33.1 Å². The second-order valence-electron chi connectivity index (χ2n) is 4.54. The Labute approximate surface area is 139 Å². The third-order valence-electron chi connectivity index (χ3n) is 3.40. The van der Waals surface area contributed by atoms with Gasteiger partial charge in [-0.05, 0) is 34.5 Å². The second-order valence-corrected chi connectivity index (χ2v) is 5.39. The Hall–Kier alpha value is -0.0700. The predicted molar refractivity (Wildman–Crippen MR) is 87.7 cm³/mol. The molecule has 0 radical (unpaired) electrons. The first-order chi connectivity index (χ1) is 8.63. The second kappa shape index (κ2) is 9.05. The molecule has 116 valence electrons. The Balaban J connectivity index is 0.00000180. The molecule has 3 nitrogen and oxygen atoms in total. The first kappa shape index (κ1) is 19.9. The molecule has 0 bridgehead atoms. The maximum absolute atomic E-state index is 13.5. The van der Waals surface area contributed by atoms with Gasteiger partial charge in [0.1, 0.15) is 11.6 Å². The van der Waals surface area contributed by atoms with Crippen LogP contribution in [0.15, 0.2) is 16.6 Å². The average molecular weight is 390 g/mol. The van der Waals surface area contributed by atoms with Gasteiger partial charge >= 0.3 is 0 Å². The van der Waals surface area contributed by atoms with Gasteiger partial charge < -0.3 is 10.4 Å². The summed E-state index contributed by atoms with van der Waals surface area (Å²) in [5.74, 6) is -0.162. The van der Waals surface area contributed by atoms with E-state index in [0.717, 1.165) is 32.6 Å². The molecular formula is C13H20BrCl2FN2O. The lowest BCUT2D eigenvalue weighted by Crippen LogP contribution is -2.45. The van der Waals surface area contributed by atoms with Crippen molar-refractivity contribution in [1.82, 2.24) is 10.2 Å². The van der Waals surface area contributed by atoms with Gasteiger partial charge in [0.25, 0.3) is 0 Å². The molecule has 1 aromatic rings. The fourth-order valence-electron chi connectivity index (χ4n) is 2.51. The van der Waals surface area contributed by atoms with Crippen molar-refractivity contribution >= 4 is 40.7 Å². The van der Waals surface area contributed by atoms with Gasteiger partial charge in [0.2, 0.25) is 0 Å². The molecule has 20 heavy (non-hydrogen) atoms. The van der Waals surface area contributed by atoms with Crippen LogP contribution >= 0.6 is 40.7 Å². The van der Waals surface area contributed by atoms with Crippen molar-refractivity contribution < 1.29 is 9.50 Å². The number of aromatic hydroxyl groups is 1. The lowest BCUT2D eigenvalue weighted by atomic mass is 10.0. The minimum absolute atomic E-state index is 0. The molecule has 0 aromatic heterocycles. The van der Waals surface area contributed by atoms with Crippen LogP contribution in [-0.2, 0) is 0 Å². The molecule has 0 aliphatic carbocycles. The largest absolute Gasteiger partial charge is 0.506 e. The molecule has 1 heterocycles. The average Bonchev–Trinajstić information content (AvgIpc) is 2.37. The number of phenolic OH excluding ortho intramolecular Hbond substituents is 1. The van der Waals surface area contributed by atoms with Gasteiger partial charge in [-0.25, -0.2) is 4.39 Å². The molecule has 7 heteroatoms. The molecule has 1 atom stereocenters. The molecule has 2 N–H and O–H groups in total. The van der Waals surface area contributed by atoms with Crippen LogP contribution in [-0.4, -0.2) is 36.2 Å². The number of rotatable bonds is 3. The summed E-state index contributed by atoms with van der Waals surface area (Å²) in [6, 6.07) is 2.80. The third kappa shape index (κ3) is 4.46. The number of hydrogen-bond acceptors (Lipinski definition) is 3. The molecule has 2 rings (SSSR count). The van der Waals surface area contributed by atoms with Crippen LogP contribution in [0.2, 0.25) is 0 Å². The van der Waals surface area contributed by atoms with Gasteiger partial charge in [-0.3, -0.25) is 4.90 Å². The van der Waals surface area contributed by atoms with E-state index in [1.54, 1.807) is 0 Å². The van der Waals surface area contributed by atoms with Crippen LogP contribution < -0.4 is 5.32 Å². The number of hydrogen-bond donors (Lipinski definition) is 2. The van der Waals surface area contributed by atoms with Crippen molar-refractivity contribution in [3.05, 3.63) is 28.0 Å². The summed E-state index contributed by atoms with van der Waals surface area (Å²) in [5, 5.41) is 13.4. The van der Waals surface area contributed by atoms with Crippen molar-refractivity contribution in [3.63, 3.8) is 0 Å². The minimum atomic E-state index is -0.316. The van der Waals surface area contributed by atoms with Crippen LogP contribution in [0.1, 0.15) is 24.9 Å². The zero-order chi connectivity index (χ0) is 13.1. The molecule has 0 spiro atoms. The highest BCUT2D eigenvalue weighted by Gasteiger charge is 2.24. The van der Waals surface area contributed by atoms with E-state index in [1.165, 1.54) is 12.1 Å². The monoisotopic (exact) mass is 388 g/mol. The Kier molecular flexibility index (Phi) is 9.02. The maximum Gasteiger partial charge on any atom is 0.134 e. The van der Waals surface area contributed by atoms with Crippen LogP contribution in [0.3, 0.4) is 0 Å². The fraction of sp³-hybridized carbons (Fsp3) is 0.538. The number of nitrogens with zero attached hydrogens (tertiary/aromatic N) is 1. The van der Waals surface area contributed by atoms with E-state index >= 15 is 0 Å². The van der Waals surface area contributed by atoms with Crippen molar-refractivity contribution in [2.45, 2.75) is 19.4 Å². The topological polar surface area (TPSA) is 35.5 Å². The summed E-state index contributed by atoms with van der Waals surface area (Å²) in [6.07, 6.45) is 0.851. The highest BCUT2D eigenvalue weighted by atomic mass is 79.9. The maximum atomic E-state index is 13.5. The Morgan fingerprint density at radius 3 is 2.50 bits per heavy atom. The highest BCUT2D eigenvalue weighted by Crippen LogP contribution is 2.37. The van der Waals surface area contributed by atoms with Crippen LogP contribution in [0.5, 0.6) is 5.75 Å². The van der Waals surface area contributed by atoms with E-state index < -0.39 is 0 Å². The van der Waals surface area contributed by atoms with Crippen LogP contribution in [0.4, 0.5) is 4.39 Å². The van der Waals surface area contributed by atoms with E-state index in [4.69, 9.17) is 0 Å². The smallest absolute Gasteiger partial charge is 0.134 e. The van der Waals surface area contributed by atoms with Gasteiger partial charge in [0.05, 0.1) is 4.47 Å². The van der Waals surface area contributed by atoms with Crippen molar-refractivity contribution in [2.24, 2.45) is 0 Å².